The van der Waals surface area contributed by atoms with Crippen molar-refractivity contribution >= 4 is 5.97 Å². The summed E-state index contributed by atoms with van der Waals surface area (Å²) in [5, 5.41) is 0. The first-order chi connectivity index (χ1) is 8.51. The van der Waals surface area contributed by atoms with Gasteiger partial charge in [0.15, 0.2) is 0 Å². The maximum atomic E-state index is 13.7. The molecular formula is C12H15F2NO3. The Balaban J connectivity index is 2.98. The minimum atomic E-state index is -2.07. The number of halogens is 2. The monoisotopic (exact) mass is 259 g/mol. The molecule has 0 saturated heterocycles. The smallest absolute Gasteiger partial charge is 0.342 e. The summed E-state index contributed by atoms with van der Waals surface area (Å²) in [4.78, 5) is 11.2. The number of nitrogens with two attached hydrogens (primary N) is 1. The van der Waals surface area contributed by atoms with Gasteiger partial charge in [0.1, 0.15) is 11.6 Å². The summed E-state index contributed by atoms with van der Waals surface area (Å²) in [5.41, 5.74) is 5.67. The summed E-state index contributed by atoms with van der Waals surface area (Å²) in [6.07, 6.45) is -2.07. The van der Waals surface area contributed by atoms with E-state index in [1.165, 1.54) is 13.2 Å². The fourth-order valence-electron chi connectivity index (χ4n) is 1.49. The zero-order valence-corrected chi connectivity index (χ0v) is 10.2. The summed E-state index contributed by atoms with van der Waals surface area (Å²) < 4.78 is 36.3. The van der Waals surface area contributed by atoms with Gasteiger partial charge in [-0.3, -0.25) is 0 Å². The molecule has 0 fully saturated rings. The third-order valence-electron chi connectivity index (χ3n) is 2.38. The second kappa shape index (κ2) is 6.30. The maximum absolute atomic E-state index is 13.7. The lowest BCUT2D eigenvalue weighted by Gasteiger charge is -2.18. The first kappa shape index (κ1) is 14.4. The first-order valence-corrected chi connectivity index (χ1v) is 5.41. The molecule has 0 aromatic heterocycles. The van der Waals surface area contributed by atoms with Crippen LogP contribution in [0.1, 0.15) is 18.5 Å². The quantitative estimate of drug-likeness (QED) is 0.818. The van der Waals surface area contributed by atoms with Gasteiger partial charge in [-0.15, -0.1) is 0 Å². The molecule has 0 aliphatic carbocycles. The van der Waals surface area contributed by atoms with E-state index in [9.17, 15) is 13.6 Å². The predicted molar refractivity (Wildman–Crippen MR) is 61.4 cm³/mol. The second-order valence-corrected chi connectivity index (χ2v) is 3.57. The molecule has 1 rings (SSSR count). The number of hydrogen-bond acceptors (Lipinski definition) is 4. The van der Waals surface area contributed by atoms with Crippen LogP contribution in [0.15, 0.2) is 18.2 Å². The lowest BCUT2D eigenvalue weighted by molar-refractivity contribution is -0.149. The minimum absolute atomic E-state index is 0.0479. The van der Waals surface area contributed by atoms with E-state index >= 15 is 0 Å². The van der Waals surface area contributed by atoms with Gasteiger partial charge in [-0.2, -0.15) is 0 Å². The number of esters is 1. The number of carbonyl (C=O) groups excluding carboxylic acids is 1. The average Bonchev–Trinajstić information content (AvgIpc) is 2.37. The van der Waals surface area contributed by atoms with Crippen LogP contribution < -0.4 is 10.5 Å². The molecule has 4 nitrogen and oxygen atoms in total. The molecule has 1 aromatic rings. The highest BCUT2D eigenvalue weighted by Crippen LogP contribution is 2.28. The molecule has 6 heteroatoms. The molecule has 100 valence electrons. The minimum Gasteiger partial charge on any atom is -0.496 e. The highest BCUT2D eigenvalue weighted by atomic mass is 19.1. The molecule has 2 atom stereocenters. The Hall–Kier alpha value is -1.69. The first-order valence-electron chi connectivity index (χ1n) is 5.41. The van der Waals surface area contributed by atoms with Crippen molar-refractivity contribution in [2.45, 2.75) is 19.1 Å². The van der Waals surface area contributed by atoms with Crippen LogP contribution in [-0.2, 0) is 9.53 Å². The number of benzene rings is 1. The van der Waals surface area contributed by atoms with E-state index in [1.54, 1.807) is 6.92 Å². The lowest BCUT2D eigenvalue weighted by atomic mass is 10.0. The Morgan fingerprint density at radius 2 is 2.17 bits per heavy atom. The number of alkyl halides is 1. The van der Waals surface area contributed by atoms with E-state index in [2.05, 4.69) is 4.74 Å². The SMILES string of the molecule is CCOC(=O)C(F)[C@@H](N)c1cc(F)ccc1OC. The molecule has 2 N–H and O–H groups in total. The molecule has 0 bridgehead atoms. The van der Waals surface area contributed by atoms with E-state index in [-0.39, 0.29) is 17.9 Å². The van der Waals surface area contributed by atoms with Crippen LogP contribution in [0.3, 0.4) is 0 Å². The number of carbonyl (C=O) groups is 1. The van der Waals surface area contributed by atoms with Gasteiger partial charge in [-0.25, -0.2) is 13.6 Å². The molecular weight excluding hydrogens is 244 g/mol. The van der Waals surface area contributed by atoms with Crippen LogP contribution in [-0.4, -0.2) is 25.9 Å². The van der Waals surface area contributed by atoms with Crippen molar-refractivity contribution in [2.75, 3.05) is 13.7 Å². The molecule has 1 aromatic carbocycles. The van der Waals surface area contributed by atoms with Crippen molar-refractivity contribution in [1.29, 1.82) is 0 Å². The summed E-state index contributed by atoms with van der Waals surface area (Å²) >= 11 is 0. The van der Waals surface area contributed by atoms with Crippen molar-refractivity contribution in [1.82, 2.24) is 0 Å². The van der Waals surface area contributed by atoms with Gasteiger partial charge in [-0.1, -0.05) is 0 Å². The third kappa shape index (κ3) is 3.16. The van der Waals surface area contributed by atoms with Crippen molar-refractivity contribution in [3.8, 4) is 5.75 Å². The fraction of sp³-hybridized carbons (Fsp3) is 0.417. The van der Waals surface area contributed by atoms with Gasteiger partial charge in [-0.05, 0) is 25.1 Å². The summed E-state index contributed by atoms with van der Waals surface area (Å²) in [6, 6.07) is 2.18. The summed E-state index contributed by atoms with van der Waals surface area (Å²) in [6.45, 7) is 1.60. The fourth-order valence-corrected chi connectivity index (χ4v) is 1.49. The zero-order valence-electron chi connectivity index (χ0n) is 10.2. The van der Waals surface area contributed by atoms with Crippen LogP contribution in [0, 0.1) is 5.82 Å². The van der Waals surface area contributed by atoms with Crippen molar-refractivity contribution in [2.24, 2.45) is 5.73 Å². The molecule has 0 aliphatic heterocycles. The maximum Gasteiger partial charge on any atom is 0.342 e. The predicted octanol–water partition coefficient (Wildman–Crippen LogP) is 1.74. The largest absolute Gasteiger partial charge is 0.496 e. The van der Waals surface area contributed by atoms with E-state index in [4.69, 9.17) is 10.5 Å². The zero-order chi connectivity index (χ0) is 13.7. The van der Waals surface area contributed by atoms with Crippen molar-refractivity contribution < 1.29 is 23.0 Å². The highest BCUT2D eigenvalue weighted by Gasteiger charge is 2.30. The number of rotatable bonds is 5. The second-order valence-electron chi connectivity index (χ2n) is 3.57. The molecule has 1 unspecified atom stereocenters. The van der Waals surface area contributed by atoms with Crippen molar-refractivity contribution in [3.05, 3.63) is 29.6 Å². The Kier molecular flexibility index (Phi) is 5.03. The number of hydrogen-bond donors (Lipinski definition) is 1. The molecule has 0 radical (unpaired) electrons. The molecule has 0 amide bonds. The summed E-state index contributed by atoms with van der Waals surface area (Å²) in [7, 11) is 1.35. The average molecular weight is 259 g/mol. The Labute approximate surface area is 104 Å². The molecule has 18 heavy (non-hydrogen) atoms. The van der Waals surface area contributed by atoms with Crippen LogP contribution in [0.4, 0.5) is 8.78 Å². The lowest BCUT2D eigenvalue weighted by Crippen LogP contribution is -2.31. The standard InChI is InChI=1S/C12H15F2NO3/c1-3-18-12(16)10(14)11(15)8-6-7(13)4-5-9(8)17-2/h4-6,10-11H,3,15H2,1-2H3/t10?,11-/m0/s1. The van der Waals surface area contributed by atoms with Gasteiger partial charge in [0.25, 0.3) is 0 Å². The van der Waals surface area contributed by atoms with E-state index in [0.29, 0.717) is 0 Å². The Bertz CT molecular complexity index is 426. The normalized spacial score (nSPS) is 13.8. The van der Waals surface area contributed by atoms with Gasteiger partial charge < -0.3 is 15.2 Å². The van der Waals surface area contributed by atoms with Gasteiger partial charge in [0.2, 0.25) is 6.17 Å². The van der Waals surface area contributed by atoms with Crippen LogP contribution in [0.2, 0.25) is 0 Å². The van der Waals surface area contributed by atoms with Gasteiger partial charge in [0, 0.05) is 5.56 Å². The van der Waals surface area contributed by atoms with Crippen molar-refractivity contribution in [3.63, 3.8) is 0 Å². The number of ether oxygens (including phenoxy) is 2. The molecule has 0 aliphatic rings. The topological polar surface area (TPSA) is 61.5 Å². The van der Waals surface area contributed by atoms with E-state index < -0.39 is 24.0 Å². The van der Waals surface area contributed by atoms with E-state index in [0.717, 1.165) is 12.1 Å². The van der Waals surface area contributed by atoms with Crippen LogP contribution >= 0.6 is 0 Å². The van der Waals surface area contributed by atoms with Gasteiger partial charge in [0.05, 0.1) is 19.8 Å². The Morgan fingerprint density at radius 3 is 2.72 bits per heavy atom. The molecule has 0 heterocycles. The van der Waals surface area contributed by atoms with Crippen LogP contribution in [0.5, 0.6) is 5.75 Å². The Morgan fingerprint density at radius 1 is 1.50 bits per heavy atom. The molecule has 0 spiro atoms. The van der Waals surface area contributed by atoms with E-state index in [1.807, 2.05) is 0 Å². The summed E-state index contributed by atoms with van der Waals surface area (Å²) in [5.74, 6) is -1.44. The highest BCUT2D eigenvalue weighted by molar-refractivity contribution is 5.76. The van der Waals surface area contributed by atoms with Crippen LogP contribution in [0.25, 0.3) is 0 Å². The third-order valence-corrected chi connectivity index (χ3v) is 2.38. The van der Waals surface area contributed by atoms with Gasteiger partial charge >= 0.3 is 5.97 Å². The number of methoxy groups -OCH3 is 1. The molecule has 0 saturated carbocycles.